The number of nitrogens with one attached hydrogen (secondary N) is 2. The monoisotopic (exact) mass is 378 g/mol. The van der Waals surface area contributed by atoms with Crippen LogP contribution in [0.1, 0.15) is 6.92 Å². The molecule has 0 aliphatic heterocycles. The Labute approximate surface area is 155 Å². The maximum atomic E-state index is 12.3. The zero-order valence-electron chi connectivity index (χ0n) is 14.9. The van der Waals surface area contributed by atoms with Crippen LogP contribution in [0.4, 0.5) is 0 Å². The molecule has 1 aromatic carbocycles. The maximum Gasteiger partial charge on any atom is 0.252 e. The SMILES string of the molecule is COc1ccc(-c2cc(=O)[nH]c(=S)n2CC(=O)N[C@@H](C)CN)c(OC)c1. The number of carbonyl (C=O) groups is 1. The number of benzene rings is 1. The van der Waals surface area contributed by atoms with Gasteiger partial charge < -0.3 is 25.1 Å². The van der Waals surface area contributed by atoms with Crippen LogP contribution in [0.5, 0.6) is 11.5 Å². The maximum absolute atomic E-state index is 12.3. The first-order valence-electron chi connectivity index (χ1n) is 7.95. The minimum absolute atomic E-state index is 0.0650. The van der Waals surface area contributed by atoms with Crippen molar-refractivity contribution < 1.29 is 14.3 Å². The first-order chi connectivity index (χ1) is 12.4. The molecule has 0 saturated heterocycles. The molecule has 0 aliphatic carbocycles. The number of hydrogen-bond acceptors (Lipinski definition) is 6. The molecule has 0 saturated carbocycles. The number of aromatic amines is 1. The van der Waals surface area contributed by atoms with E-state index >= 15 is 0 Å². The van der Waals surface area contributed by atoms with Crippen molar-refractivity contribution in [3.05, 3.63) is 39.4 Å². The predicted octanol–water partition coefficient (Wildman–Crippen LogP) is 1.05. The van der Waals surface area contributed by atoms with Gasteiger partial charge in [0.2, 0.25) is 5.91 Å². The fourth-order valence-electron chi connectivity index (χ4n) is 2.43. The molecule has 1 heterocycles. The van der Waals surface area contributed by atoms with Gasteiger partial charge in [0.1, 0.15) is 18.0 Å². The summed E-state index contributed by atoms with van der Waals surface area (Å²) in [5.74, 6) is 0.837. The largest absolute Gasteiger partial charge is 0.497 e. The van der Waals surface area contributed by atoms with E-state index in [4.69, 9.17) is 27.4 Å². The van der Waals surface area contributed by atoms with Gasteiger partial charge >= 0.3 is 0 Å². The standard InChI is InChI=1S/C17H22N4O4S/c1-10(8-18)19-16(23)9-21-13(7-15(22)20-17(21)26)12-5-4-11(24-2)6-14(12)25-3/h4-7,10H,8-9,18H2,1-3H3,(H,19,23)(H,20,22,26)/t10-/m0/s1. The Kier molecular flexibility index (Phi) is 6.53. The molecule has 1 amide bonds. The number of nitrogens with two attached hydrogens (primary N) is 1. The highest BCUT2D eigenvalue weighted by atomic mass is 32.1. The van der Waals surface area contributed by atoms with Crippen LogP contribution >= 0.6 is 12.2 Å². The zero-order valence-corrected chi connectivity index (χ0v) is 15.7. The van der Waals surface area contributed by atoms with Gasteiger partial charge in [-0.1, -0.05) is 0 Å². The van der Waals surface area contributed by atoms with Crippen LogP contribution in [-0.2, 0) is 11.3 Å². The third-order valence-corrected chi connectivity index (χ3v) is 4.10. The van der Waals surface area contributed by atoms with Crippen LogP contribution in [-0.4, -0.2) is 42.3 Å². The van der Waals surface area contributed by atoms with E-state index < -0.39 is 0 Å². The quantitative estimate of drug-likeness (QED) is 0.621. The Morgan fingerprint density at radius 2 is 2.08 bits per heavy atom. The molecule has 0 bridgehead atoms. The summed E-state index contributed by atoms with van der Waals surface area (Å²) in [6, 6.07) is 6.39. The van der Waals surface area contributed by atoms with Gasteiger partial charge in [-0.2, -0.15) is 0 Å². The minimum atomic E-state index is -0.366. The van der Waals surface area contributed by atoms with Crippen molar-refractivity contribution in [2.75, 3.05) is 20.8 Å². The van der Waals surface area contributed by atoms with Crippen molar-refractivity contribution in [2.45, 2.75) is 19.5 Å². The summed E-state index contributed by atoms with van der Waals surface area (Å²) in [4.78, 5) is 26.8. The number of aromatic nitrogens is 2. The number of carbonyl (C=O) groups excluding carboxylic acids is 1. The minimum Gasteiger partial charge on any atom is -0.497 e. The van der Waals surface area contributed by atoms with Crippen molar-refractivity contribution in [3.63, 3.8) is 0 Å². The number of amides is 1. The van der Waals surface area contributed by atoms with Crippen molar-refractivity contribution >= 4 is 18.1 Å². The Bertz CT molecular complexity index is 906. The van der Waals surface area contributed by atoms with Crippen molar-refractivity contribution in [2.24, 2.45) is 5.73 Å². The van der Waals surface area contributed by atoms with E-state index in [1.807, 2.05) is 0 Å². The highest BCUT2D eigenvalue weighted by molar-refractivity contribution is 7.71. The van der Waals surface area contributed by atoms with E-state index in [1.54, 1.807) is 36.8 Å². The second kappa shape index (κ2) is 8.63. The second-order valence-electron chi connectivity index (χ2n) is 5.68. The summed E-state index contributed by atoms with van der Waals surface area (Å²) < 4.78 is 12.3. The molecular weight excluding hydrogens is 356 g/mol. The first kappa shape index (κ1) is 19.7. The van der Waals surface area contributed by atoms with Crippen molar-refractivity contribution in [3.8, 4) is 22.8 Å². The summed E-state index contributed by atoms with van der Waals surface area (Å²) in [5, 5.41) is 2.77. The fraction of sp³-hybridized carbons (Fsp3) is 0.353. The molecule has 0 unspecified atom stereocenters. The third-order valence-electron chi connectivity index (χ3n) is 3.78. The lowest BCUT2D eigenvalue weighted by atomic mass is 10.1. The number of H-pyrrole nitrogens is 1. The highest BCUT2D eigenvalue weighted by Gasteiger charge is 2.16. The van der Waals surface area contributed by atoms with Crippen LogP contribution in [0.15, 0.2) is 29.1 Å². The molecule has 0 aliphatic rings. The average molecular weight is 378 g/mol. The number of ether oxygens (including phenoxy) is 2. The Hall–Kier alpha value is -2.65. The number of methoxy groups -OCH3 is 2. The van der Waals surface area contributed by atoms with Gasteiger partial charge in [0.15, 0.2) is 4.77 Å². The number of nitrogens with zero attached hydrogens (tertiary/aromatic N) is 1. The van der Waals surface area contributed by atoms with E-state index in [9.17, 15) is 9.59 Å². The Morgan fingerprint density at radius 3 is 2.69 bits per heavy atom. The molecule has 0 fully saturated rings. The van der Waals surface area contributed by atoms with E-state index in [0.29, 0.717) is 29.3 Å². The third kappa shape index (κ3) is 4.50. The van der Waals surface area contributed by atoms with Gasteiger partial charge in [0.05, 0.1) is 19.9 Å². The van der Waals surface area contributed by atoms with Gasteiger partial charge in [-0.25, -0.2) is 0 Å². The van der Waals surface area contributed by atoms with E-state index in [1.165, 1.54) is 13.2 Å². The summed E-state index contributed by atoms with van der Waals surface area (Å²) in [5.41, 5.74) is 6.25. The molecule has 0 spiro atoms. The predicted molar refractivity (Wildman–Crippen MR) is 101 cm³/mol. The summed E-state index contributed by atoms with van der Waals surface area (Å²) in [6.45, 7) is 2.06. The molecular formula is C17H22N4O4S. The Balaban J connectivity index is 2.54. The van der Waals surface area contributed by atoms with Gasteiger partial charge in [-0.3, -0.25) is 14.6 Å². The summed E-state index contributed by atoms with van der Waals surface area (Å²) >= 11 is 5.25. The number of hydrogen-bond donors (Lipinski definition) is 3. The van der Waals surface area contributed by atoms with Crippen LogP contribution in [0.2, 0.25) is 0 Å². The van der Waals surface area contributed by atoms with Crippen LogP contribution in [0.25, 0.3) is 11.3 Å². The second-order valence-corrected chi connectivity index (χ2v) is 6.07. The molecule has 2 rings (SSSR count). The molecule has 8 nitrogen and oxygen atoms in total. The Morgan fingerprint density at radius 1 is 1.35 bits per heavy atom. The van der Waals surface area contributed by atoms with E-state index in [0.717, 1.165) is 0 Å². The molecule has 26 heavy (non-hydrogen) atoms. The molecule has 1 atom stereocenters. The molecule has 0 radical (unpaired) electrons. The van der Waals surface area contributed by atoms with Gasteiger partial charge in [0, 0.05) is 30.3 Å². The van der Waals surface area contributed by atoms with Gasteiger partial charge in [-0.05, 0) is 31.3 Å². The zero-order chi connectivity index (χ0) is 19.3. The average Bonchev–Trinajstić information content (AvgIpc) is 2.62. The molecule has 4 N–H and O–H groups in total. The topological polar surface area (TPSA) is 111 Å². The first-order valence-corrected chi connectivity index (χ1v) is 8.36. The van der Waals surface area contributed by atoms with Crippen LogP contribution in [0.3, 0.4) is 0 Å². The van der Waals surface area contributed by atoms with Gasteiger partial charge in [0.25, 0.3) is 5.56 Å². The summed E-state index contributed by atoms with van der Waals surface area (Å²) in [7, 11) is 3.06. The lowest BCUT2D eigenvalue weighted by molar-refractivity contribution is -0.122. The highest BCUT2D eigenvalue weighted by Crippen LogP contribution is 2.32. The van der Waals surface area contributed by atoms with E-state index in [-0.39, 0.29) is 28.8 Å². The molecule has 140 valence electrons. The molecule has 2 aromatic rings. The van der Waals surface area contributed by atoms with Crippen molar-refractivity contribution in [1.29, 1.82) is 0 Å². The van der Waals surface area contributed by atoms with Crippen molar-refractivity contribution in [1.82, 2.24) is 14.9 Å². The van der Waals surface area contributed by atoms with Crippen LogP contribution < -0.4 is 26.1 Å². The van der Waals surface area contributed by atoms with Crippen LogP contribution in [0, 0.1) is 4.77 Å². The van der Waals surface area contributed by atoms with E-state index in [2.05, 4.69) is 10.3 Å². The lowest BCUT2D eigenvalue weighted by Gasteiger charge is -2.17. The smallest absolute Gasteiger partial charge is 0.252 e. The normalized spacial score (nSPS) is 11.7. The molecule has 9 heteroatoms. The lowest BCUT2D eigenvalue weighted by Crippen LogP contribution is -2.40. The number of rotatable bonds is 7. The van der Waals surface area contributed by atoms with Gasteiger partial charge in [-0.15, -0.1) is 0 Å². The molecule has 1 aromatic heterocycles. The fourth-order valence-corrected chi connectivity index (χ4v) is 2.70. The summed E-state index contributed by atoms with van der Waals surface area (Å²) in [6.07, 6.45) is 0.